The highest BCUT2D eigenvalue weighted by Gasteiger charge is 2.19. The van der Waals surface area contributed by atoms with Gasteiger partial charge in [0.25, 0.3) is 0 Å². The standard InChI is InChI=1S/C17H22N2/c1-12-5-6-16(11-13(12)2)17(18-4)14(3)15-7-9-19-10-8-15/h5-11,14,17-18H,1-4H3. The van der Waals surface area contributed by atoms with Crippen molar-refractivity contribution in [2.45, 2.75) is 32.7 Å². The SMILES string of the molecule is CNC(c1ccc(C)c(C)c1)C(C)c1ccncc1. The van der Waals surface area contributed by atoms with Crippen LogP contribution in [0, 0.1) is 13.8 Å². The van der Waals surface area contributed by atoms with E-state index >= 15 is 0 Å². The summed E-state index contributed by atoms with van der Waals surface area (Å²) in [6.45, 7) is 6.58. The van der Waals surface area contributed by atoms with Crippen molar-refractivity contribution in [2.75, 3.05) is 7.05 Å². The van der Waals surface area contributed by atoms with Crippen molar-refractivity contribution >= 4 is 0 Å². The molecule has 0 radical (unpaired) electrons. The molecule has 19 heavy (non-hydrogen) atoms. The molecular formula is C17H22N2. The second kappa shape index (κ2) is 5.98. The second-order valence-corrected chi connectivity index (χ2v) is 5.18. The maximum Gasteiger partial charge on any atom is 0.0384 e. The second-order valence-electron chi connectivity index (χ2n) is 5.18. The molecule has 0 amide bonds. The molecule has 0 saturated heterocycles. The third-order valence-electron chi connectivity index (χ3n) is 3.93. The van der Waals surface area contributed by atoms with Crippen LogP contribution in [0.15, 0.2) is 42.7 Å². The van der Waals surface area contributed by atoms with Gasteiger partial charge in [-0.1, -0.05) is 25.1 Å². The van der Waals surface area contributed by atoms with Crippen LogP contribution in [0.25, 0.3) is 0 Å². The lowest BCUT2D eigenvalue weighted by molar-refractivity contribution is 0.507. The highest BCUT2D eigenvalue weighted by Crippen LogP contribution is 2.30. The highest BCUT2D eigenvalue weighted by molar-refractivity contribution is 5.34. The molecule has 0 aliphatic rings. The molecular weight excluding hydrogens is 232 g/mol. The van der Waals surface area contributed by atoms with E-state index in [1.807, 2.05) is 19.4 Å². The van der Waals surface area contributed by atoms with Gasteiger partial charge in [0.2, 0.25) is 0 Å². The first-order valence-electron chi connectivity index (χ1n) is 6.78. The van der Waals surface area contributed by atoms with Gasteiger partial charge in [0.1, 0.15) is 0 Å². The molecule has 2 unspecified atom stereocenters. The highest BCUT2D eigenvalue weighted by atomic mass is 14.9. The lowest BCUT2D eigenvalue weighted by atomic mass is 9.88. The Morgan fingerprint density at radius 3 is 2.21 bits per heavy atom. The average Bonchev–Trinajstić information content (AvgIpc) is 2.44. The van der Waals surface area contributed by atoms with Crippen molar-refractivity contribution < 1.29 is 0 Å². The number of benzene rings is 1. The predicted molar refractivity (Wildman–Crippen MR) is 80.4 cm³/mol. The van der Waals surface area contributed by atoms with Gasteiger partial charge in [-0.2, -0.15) is 0 Å². The fourth-order valence-corrected chi connectivity index (χ4v) is 2.52. The summed E-state index contributed by atoms with van der Waals surface area (Å²) >= 11 is 0. The zero-order valence-electron chi connectivity index (χ0n) is 12.1. The maximum absolute atomic E-state index is 4.09. The largest absolute Gasteiger partial charge is 0.312 e. The van der Waals surface area contributed by atoms with Crippen molar-refractivity contribution in [1.29, 1.82) is 0 Å². The number of aromatic nitrogens is 1. The summed E-state index contributed by atoms with van der Waals surface area (Å²) in [5.74, 6) is 0.412. The quantitative estimate of drug-likeness (QED) is 0.898. The number of likely N-dealkylation sites (N-methyl/N-ethyl adjacent to an activating group) is 1. The third-order valence-corrected chi connectivity index (χ3v) is 3.93. The van der Waals surface area contributed by atoms with Gasteiger partial charge in [-0.3, -0.25) is 4.98 Å². The minimum absolute atomic E-state index is 0.321. The average molecular weight is 254 g/mol. The first-order chi connectivity index (χ1) is 9.13. The molecule has 0 aliphatic heterocycles. The summed E-state index contributed by atoms with van der Waals surface area (Å²) in [5, 5.41) is 3.44. The minimum atomic E-state index is 0.321. The number of rotatable bonds is 4. The Labute approximate surface area is 115 Å². The van der Waals surface area contributed by atoms with Crippen molar-refractivity contribution in [2.24, 2.45) is 0 Å². The van der Waals surface area contributed by atoms with Crippen LogP contribution >= 0.6 is 0 Å². The monoisotopic (exact) mass is 254 g/mol. The van der Waals surface area contributed by atoms with Gasteiger partial charge in [-0.05, 0) is 55.3 Å². The van der Waals surface area contributed by atoms with Crippen LogP contribution in [0.3, 0.4) is 0 Å². The van der Waals surface area contributed by atoms with Crippen LogP contribution in [-0.4, -0.2) is 12.0 Å². The molecule has 0 aliphatic carbocycles. The van der Waals surface area contributed by atoms with Crippen LogP contribution in [-0.2, 0) is 0 Å². The summed E-state index contributed by atoms with van der Waals surface area (Å²) in [7, 11) is 2.03. The van der Waals surface area contributed by atoms with Gasteiger partial charge >= 0.3 is 0 Å². The lowest BCUT2D eigenvalue weighted by Gasteiger charge is -2.25. The molecule has 1 N–H and O–H groups in total. The van der Waals surface area contributed by atoms with Gasteiger partial charge < -0.3 is 5.32 Å². The molecule has 0 bridgehead atoms. The van der Waals surface area contributed by atoms with E-state index in [1.165, 1.54) is 22.3 Å². The Bertz CT molecular complexity index is 534. The minimum Gasteiger partial charge on any atom is -0.312 e. The van der Waals surface area contributed by atoms with Crippen LogP contribution in [0.1, 0.15) is 41.1 Å². The number of hydrogen-bond acceptors (Lipinski definition) is 2. The van der Waals surface area contributed by atoms with E-state index in [0.29, 0.717) is 12.0 Å². The molecule has 0 fully saturated rings. The summed E-state index contributed by atoms with van der Waals surface area (Å²) < 4.78 is 0. The molecule has 2 aromatic rings. The molecule has 1 heterocycles. The molecule has 2 rings (SSSR count). The molecule has 1 aromatic heterocycles. The summed E-state index contributed by atoms with van der Waals surface area (Å²) in [5.41, 5.74) is 5.34. The summed E-state index contributed by atoms with van der Waals surface area (Å²) in [6.07, 6.45) is 3.72. The smallest absolute Gasteiger partial charge is 0.0384 e. The Morgan fingerprint density at radius 1 is 0.947 bits per heavy atom. The van der Waals surface area contributed by atoms with E-state index in [-0.39, 0.29) is 0 Å². The Kier molecular flexibility index (Phi) is 4.33. The zero-order chi connectivity index (χ0) is 13.8. The lowest BCUT2D eigenvalue weighted by Crippen LogP contribution is -2.22. The van der Waals surface area contributed by atoms with Gasteiger partial charge in [0.05, 0.1) is 0 Å². The topological polar surface area (TPSA) is 24.9 Å². The third kappa shape index (κ3) is 3.02. The maximum atomic E-state index is 4.09. The van der Waals surface area contributed by atoms with Gasteiger partial charge in [-0.25, -0.2) is 0 Å². The first-order valence-corrected chi connectivity index (χ1v) is 6.78. The first kappa shape index (κ1) is 13.8. The fourth-order valence-electron chi connectivity index (χ4n) is 2.52. The number of aryl methyl sites for hydroxylation is 2. The van der Waals surface area contributed by atoms with E-state index in [9.17, 15) is 0 Å². The Morgan fingerprint density at radius 2 is 1.63 bits per heavy atom. The Hall–Kier alpha value is -1.67. The normalized spacial score (nSPS) is 14.1. The van der Waals surface area contributed by atoms with Crippen molar-refractivity contribution in [3.63, 3.8) is 0 Å². The van der Waals surface area contributed by atoms with Crippen LogP contribution in [0.5, 0.6) is 0 Å². The molecule has 2 atom stereocenters. The van der Waals surface area contributed by atoms with Crippen molar-refractivity contribution in [3.8, 4) is 0 Å². The van der Waals surface area contributed by atoms with Crippen LogP contribution < -0.4 is 5.32 Å². The number of hydrogen-bond donors (Lipinski definition) is 1. The summed E-state index contributed by atoms with van der Waals surface area (Å²) in [6, 6.07) is 11.2. The van der Waals surface area contributed by atoms with E-state index in [0.717, 1.165) is 0 Å². The van der Waals surface area contributed by atoms with Crippen molar-refractivity contribution in [3.05, 3.63) is 65.0 Å². The zero-order valence-corrected chi connectivity index (χ0v) is 12.1. The van der Waals surface area contributed by atoms with E-state index in [1.54, 1.807) is 0 Å². The molecule has 2 nitrogen and oxygen atoms in total. The number of nitrogens with one attached hydrogen (secondary N) is 1. The van der Waals surface area contributed by atoms with Crippen LogP contribution in [0.2, 0.25) is 0 Å². The molecule has 0 spiro atoms. The van der Waals surface area contributed by atoms with E-state index in [4.69, 9.17) is 0 Å². The molecule has 0 saturated carbocycles. The van der Waals surface area contributed by atoms with Crippen LogP contribution in [0.4, 0.5) is 0 Å². The van der Waals surface area contributed by atoms with Gasteiger partial charge in [-0.15, -0.1) is 0 Å². The van der Waals surface area contributed by atoms with E-state index in [2.05, 4.69) is 61.4 Å². The molecule has 100 valence electrons. The Balaban J connectivity index is 2.31. The number of nitrogens with zero attached hydrogens (tertiary/aromatic N) is 1. The van der Waals surface area contributed by atoms with Gasteiger partial charge in [0, 0.05) is 24.4 Å². The molecule has 1 aromatic carbocycles. The van der Waals surface area contributed by atoms with E-state index < -0.39 is 0 Å². The summed E-state index contributed by atoms with van der Waals surface area (Å²) in [4.78, 5) is 4.09. The van der Waals surface area contributed by atoms with Gasteiger partial charge in [0.15, 0.2) is 0 Å². The molecule has 2 heteroatoms. The number of pyridine rings is 1. The fraction of sp³-hybridized carbons (Fsp3) is 0.353. The predicted octanol–water partition coefficient (Wildman–Crippen LogP) is 3.76. The van der Waals surface area contributed by atoms with Crippen molar-refractivity contribution in [1.82, 2.24) is 10.3 Å².